The van der Waals surface area contributed by atoms with Gasteiger partial charge in [0.05, 0.1) is 18.5 Å². The molecule has 0 saturated heterocycles. The van der Waals surface area contributed by atoms with Crippen molar-refractivity contribution in [2.75, 3.05) is 6.61 Å². The van der Waals surface area contributed by atoms with E-state index in [9.17, 15) is 4.79 Å². The fourth-order valence-electron chi connectivity index (χ4n) is 1.59. The molecule has 0 aliphatic rings. The minimum Gasteiger partial charge on any atom is -0.456 e. The van der Waals surface area contributed by atoms with Gasteiger partial charge in [-0.3, -0.25) is 0 Å². The molecule has 0 radical (unpaired) electrons. The number of carbonyl (C=O) groups is 1. The van der Waals surface area contributed by atoms with Crippen LogP contribution in [-0.2, 0) is 9.53 Å². The molecule has 0 amide bonds. The van der Waals surface area contributed by atoms with Crippen LogP contribution >= 0.6 is 0 Å². The zero-order valence-corrected chi connectivity index (χ0v) is 10.5. The van der Waals surface area contributed by atoms with Crippen molar-refractivity contribution in [3.05, 3.63) is 29.2 Å². The second-order valence-electron chi connectivity index (χ2n) is 3.83. The van der Waals surface area contributed by atoms with Gasteiger partial charge in [0.15, 0.2) is 5.65 Å². The zero-order chi connectivity index (χ0) is 13.1. The van der Waals surface area contributed by atoms with Crippen LogP contribution in [0.25, 0.3) is 5.65 Å². The summed E-state index contributed by atoms with van der Waals surface area (Å²) < 4.78 is 6.39. The summed E-state index contributed by atoms with van der Waals surface area (Å²) in [5, 5.41) is 4.26. The number of rotatable bonds is 1. The number of hydrogen-bond acceptors (Lipinski definition) is 4. The number of aryl methyl sites for hydroxylation is 2. The van der Waals surface area contributed by atoms with E-state index in [0.29, 0.717) is 12.3 Å². The highest BCUT2D eigenvalue weighted by atomic mass is 16.5. The van der Waals surface area contributed by atoms with Gasteiger partial charge in [-0.15, -0.1) is 0 Å². The fourth-order valence-corrected chi connectivity index (χ4v) is 1.59. The van der Waals surface area contributed by atoms with Crippen molar-refractivity contribution in [2.24, 2.45) is 0 Å². The lowest BCUT2D eigenvalue weighted by atomic mass is 10.3. The van der Waals surface area contributed by atoms with Crippen molar-refractivity contribution in [1.82, 2.24) is 14.6 Å². The molecular formula is C13H13N3O2. The molecule has 5 nitrogen and oxygen atoms in total. The van der Waals surface area contributed by atoms with E-state index >= 15 is 0 Å². The number of imidazole rings is 1. The van der Waals surface area contributed by atoms with Gasteiger partial charge in [-0.25, -0.2) is 14.3 Å². The molecule has 2 heterocycles. The van der Waals surface area contributed by atoms with Crippen molar-refractivity contribution in [1.29, 1.82) is 0 Å². The lowest BCUT2D eigenvalue weighted by Crippen LogP contribution is -2.01. The number of hydrogen-bond donors (Lipinski definition) is 0. The summed E-state index contributed by atoms with van der Waals surface area (Å²) in [6, 6.07) is 1.80. The second-order valence-corrected chi connectivity index (χ2v) is 3.83. The van der Waals surface area contributed by atoms with Crippen molar-refractivity contribution >= 4 is 11.6 Å². The van der Waals surface area contributed by atoms with Crippen LogP contribution < -0.4 is 0 Å². The molecule has 0 aromatic carbocycles. The monoisotopic (exact) mass is 243 g/mol. The third kappa shape index (κ3) is 2.48. The predicted molar refractivity (Wildman–Crippen MR) is 66.0 cm³/mol. The molecule has 0 fully saturated rings. The summed E-state index contributed by atoms with van der Waals surface area (Å²) in [6.07, 6.45) is 1.82. The standard InChI is InChI=1S/C13H13N3O2/c1-4-18-12(17)6-5-11-7-9(2)13-14-10(3)8-16(13)15-11/h7-8H,4H2,1-3H3. The van der Waals surface area contributed by atoms with E-state index in [0.717, 1.165) is 16.9 Å². The molecule has 0 N–H and O–H groups in total. The quantitative estimate of drug-likeness (QED) is 0.559. The normalized spacial score (nSPS) is 9.94. The molecule has 0 bridgehead atoms. The van der Waals surface area contributed by atoms with Crippen LogP contribution in [0.4, 0.5) is 0 Å². The van der Waals surface area contributed by atoms with E-state index in [2.05, 4.69) is 21.9 Å². The van der Waals surface area contributed by atoms with E-state index in [1.54, 1.807) is 17.5 Å². The third-order valence-corrected chi connectivity index (χ3v) is 2.30. The number of esters is 1. The maximum Gasteiger partial charge on any atom is 0.384 e. The Morgan fingerprint density at radius 2 is 2.28 bits per heavy atom. The SMILES string of the molecule is CCOC(=O)C#Cc1cc(C)c2nc(C)cn2n1. The highest BCUT2D eigenvalue weighted by Gasteiger charge is 2.04. The number of fused-ring (bicyclic) bond motifs is 1. The smallest absolute Gasteiger partial charge is 0.384 e. The van der Waals surface area contributed by atoms with Crippen molar-refractivity contribution in [3.8, 4) is 11.8 Å². The molecule has 2 aromatic heterocycles. The Morgan fingerprint density at radius 3 is 3.00 bits per heavy atom. The Bertz CT molecular complexity index is 662. The number of ether oxygens (including phenoxy) is 1. The minimum absolute atomic E-state index is 0.319. The summed E-state index contributed by atoms with van der Waals surface area (Å²) >= 11 is 0. The highest BCUT2D eigenvalue weighted by molar-refractivity contribution is 5.89. The fraction of sp³-hybridized carbons (Fsp3) is 0.308. The van der Waals surface area contributed by atoms with Gasteiger partial charge in [0.2, 0.25) is 0 Å². The molecule has 2 rings (SSSR count). The van der Waals surface area contributed by atoms with Gasteiger partial charge in [-0.05, 0) is 38.3 Å². The van der Waals surface area contributed by atoms with Gasteiger partial charge in [0, 0.05) is 5.92 Å². The molecule has 0 spiro atoms. The van der Waals surface area contributed by atoms with Gasteiger partial charge in [-0.2, -0.15) is 5.10 Å². The van der Waals surface area contributed by atoms with Gasteiger partial charge in [-0.1, -0.05) is 0 Å². The maximum absolute atomic E-state index is 11.1. The topological polar surface area (TPSA) is 56.5 Å². The summed E-state index contributed by atoms with van der Waals surface area (Å²) in [5.74, 6) is 4.54. The summed E-state index contributed by atoms with van der Waals surface area (Å²) in [6.45, 7) is 5.89. The third-order valence-electron chi connectivity index (χ3n) is 2.30. The molecule has 0 unspecified atom stereocenters. The van der Waals surface area contributed by atoms with Gasteiger partial charge >= 0.3 is 5.97 Å². The molecule has 18 heavy (non-hydrogen) atoms. The lowest BCUT2D eigenvalue weighted by Gasteiger charge is -1.97. The first-order valence-electron chi connectivity index (χ1n) is 5.62. The first-order valence-corrected chi connectivity index (χ1v) is 5.62. The molecule has 0 saturated carbocycles. The highest BCUT2D eigenvalue weighted by Crippen LogP contribution is 2.09. The van der Waals surface area contributed by atoms with E-state index in [-0.39, 0.29) is 0 Å². The van der Waals surface area contributed by atoms with Crippen LogP contribution in [0.3, 0.4) is 0 Å². The molecule has 92 valence electrons. The largest absolute Gasteiger partial charge is 0.456 e. The average molecular weight is 243 g/mol. The van der Waals surface area contributed by atoms with E-state index < -0.39 is 5.97 Å². The Kier molecular flexibility index (Phi) is 3.28. The van der Waals surface area contributed by atoms with Crippen LogP contribution in [0.2, 0.25) is 0 Å². The predicted octanol–water partition coefficient (Wildman–Crippen LogP) is 1.26. The van der Waals surface area contributed by atoms with Crippen LogP contribution in [0.15, 0.2) is 12.3 Å². The van der Waals surface area contributed by atoms with Gasteiger partial charge < -0.3 is 4.74 Å². The van der Waals surface area contributed by atoms with Crippen molar-refractivity contribution < 1.29 is 9.53 Å². The second kappa shape index (κ2) is 4.88. The zero-order valence-electron chi connectivity index (χ0n) is 10.5. The van der Waals surface area contributed by atoms with Gasteiger partial charge in [0.1, 0.15) is 5.69 Å². The first kappa shape index (κ1) is 12.1. The minimum atomic E-state index is -0.543. The Labute approximate surface area is 105 Å². The summed E-state index contributed by atoms with van der Waals surface area (Å²) in [4.78, 5) is 15.5. The van der Waals surface area contributed by atoms with Crippen LogP contribution in [0.5, 0.6) is 0 Å². The molecule has 5 heteroatoms. The molecule has 0 atom stereocenters. The average Bonchev–Trinajstić information content (AvgIpc) is 2.68. The number of aromatic nitrogens is 3. The number of nitrogens with zero attached hydrogens (tertiary/aromatic N) is 3. The molecule has 0 aliphatic carbocycles. The van der Waals surface area contributed by atoms with Crippen LogP contribution in [0, 0.1) is 25.7 Å². The summed E-state index contributed by atoms with van der Waals surface area (Å²) in [5.41, 5.74) is 3.17. The Balaban J connectivity index is 2.37. The molecule has 2 aromatic rings. The van der Waals surface area contributed by atoms with E-state index in [1.807, 2.05) is 20.0 Å². The number of carbonyl (C=O) groups excluding carboxylic acids is 1. The summed E-state index contributed by atoms with van der Waals surface area (Å²) in [7, 11) is 0. The van der Waals surface area contributed by atoms with E-state index in [4.69, 9.17) is 4.74 Å². The first-order chi connectivity index (χ1) is 8.60. The van der Waals surface area contributed by atoms with E-state index in [1.165, 1.54) is 0 Å². The van der Waals surface area contributed by atoms with Crippen LogP contribution in [-0.4, -0.2) is 27.2 Å². The molecule has 0 aliphatic heterocycles. The lowest BCUT2D eigenvalue weighted by molar-refractivity contribution is -0.136. The van der Waals surface area contributed by atoms with Crippen molar-refractivity contribution in [3.63, 3.8) is 0 Å². The Morgan fingerprint density at radius 1 is 1.50 bits per heavy atom. The van der Waals surface area contributed by atoms with Crippen molar-refractivity contribution in [2.45, 2.75) is 20.8 Å². The molecular weight excluding hydrogens is 230 g/mol. The van der Waals surface area contributed by atoms with Gasteiger partial charge in [0.25, 0.3) is 0 Å². The Hall–Kier alpha value is -2.35. The van der Waals surface area contributed by atoms with Crippen LogP contribution in [0.1, 0.15) is 23.9 Å². The maximum atomic E-state index is 11.1.